The summed E-state index contributed by atoms with van der Waals surface area (Å²) in [7, 11) is 3.13. The van der Waals surface area contributed by atoms with Crippen LogP contribution in [-0.2, 0) is 0 Å². The number of nitrogens with one attached hydrogen (secondary N) is 1. The predicted molar refractivity (Wildman–Crippen MR) is 84.1 cm³/mol. The van der Waals surface area contributed by atoms with Crippen LogP contribution >= 0.6 is 11.8 Å². The zero-order valence-corrected chi connectivity index (χ0v) is 13.6. The SMILES string of the molecule is COc1cc(OC)cc(C(=O)NCCSC(C)(C)C)c1. The normalized spacial score (nSPS) is 11.1. The van der Waals surface area contributed by atoms with Gasteiger partial charge in [-0.1, -0.05) is 20.8 Å². The highest BCUT2D eigenvalue weighted by molar-refractivity contribution is 8.00. The van der Waals surface area contributed by atoms with Crippen LogP contribution in [0, 0.1) is 0 Å². The molecule has 4 nitrogen and oxygen atoms in total. The van der Waals surface area contributed by atoms with Crippen LogP contribution in [0.2, 0.25) is 0 Å². The number of hydrogen-bond acceptors (Lipinski definition) is 4. The van der Waals surface area contributed by atoms with Crippen LogP contribution in [0.3, 0.4) is 0 Å². The number of thioether (sulfide) groups is 1. The van der Waals surface area contributed by atoms with E-state index < -0.39 is 0 Å². The first-order chi connectivity index (χ1) is 9.35. The molecule has 0 heterocycles. The predicted octanol–water partition coefficient (Wildman–Crippen LogP) is 2.97. The second-order valence-corrected chi connectivity index (χ2v) is 7.24. The van der Waals surface area contributed by atoms with Crippen LogP contribution < -0.4 is 14.8 Å². The molecule has 0 aliphatic rings. The maximum atomic E-state index is 12.1. The van der Waals surface area contributed by atoms with Gasteiger partial charge in [0.2, 0.25) is 0 Å². The lowest BCUT2D eigenvalue weighted by Crippen LogP contribution is -2.27. The van der Waals surface area contributed by atoms with Crippen molar-refractivity contribution in [3.63, 3.8) is 0 Å². The molecule has 0 saturated heterocycles. The van der Waals surface area contributed by atoms with Crippen molar-refractivity contribution in [3.8, 4) is 11.5 Å². The lowest BCUT2D eigenvalue weighted by molar-refractivity contribution is 0.0955. The number of methoxy groups -OCH3 is 2. The van der Waals surface area contributed by atoms with Crippen LogP contribution in [0.15, 0.2) is 18.2 Å². The Labute approximate surface area is 125 Å². The van der Waals surface area contributed by atoms with Crippen LogP contribution in [0.4, 0.5) is 0 Å². The van der Waals surface area contributed by atoms with Crippen molar-refractivity contribution < 1.29 is 14.3 Å². The summed E-state index contributed by atoms with van der Waals surface area (Å²) >= 11 is 1.82. The Bertz CT molecular complexity index is 433. The highest BCUT2D eigenvalue weighted by Gasteiger charge is 2.12. The second-order valence-electron chi connectivity index (χ2n) is 5.32. The van der Waals surface area contributed by atoms with E-state index in [1.807, 2.05) is 11.8 Å². The zero-order chi connectivity index (χ0) is 15.2. The molecule has 0 radical (unpaired) electrons. The number of rotatable bonds is 6. The van der Waals surface area contributed by atoms with Crippen molar-refractivity contribution in [2.75, 3.05) is 26.5 Å². The number of carbonyl (C=O) groups is 1. The first-order valence-corrected chi connectivity index (χ1v) is 7.49. The van der Waals surface area contributed by atoms with Gasteiger partial charge in [0.15, 0.2) is 0 Å². The van der Waals surface area contributed by atoms with E-state index in [1.165, 1.54) is 0 Å². The van der Waals surface area contributed by atoms with Crippen LogP contribution in [0.25, 0.3) is 0 Å². The van der Waals surface area contributed by atoms with Crippen LogP contribution in [0.5, 0.6) is 11.5 Å². The summed E-state index contributed by atoms with van der Waals surface area (Å²) in [6, 6.07) is 5.15. The number of benzene rings is 1. The minimum Gasteiger partial charge on any atom is -0.497 e. The largest absolute Gasteiger partial charge is 0.497 e. The molecule has 0 saturated carbocycles. The van der Waals surface area contributed by atoms with Gasteiger partial charge in [-0.3, -0.25) is 4.79 Å². The van der Waals surface area contributed by atoms with Crippen molar-refractivity contribution in [1.29, 1.82) is 0 Å². The van der Waals surface area contributed by atoms with Crippen LogP contribution in [-0.4, -0.2) is 37.2 Å². The van der Waals surface area contributed by atoms with Gasteiger partial charge in [0, 0.05) is 28.7 Å². The van der Waals surface area contributed by atoms with Gasteiger partial charge in [0.1, 0.15) is 11.5 Å². The molecular formula is C15H23NO3S. The number of ether oxygens (including phenoxy) is 2. The molecule has 0 unspecified atom stereocenters. The minimum absolute atomic E-state index is 0.114. The smallest absolute Gasteiger partial charge is 0.251 e. The van der Waals surface area contributed by atoms with Gasteiger partial charge < -0.3 is 14.8 Å². The molecule has 1 rings (SSSR count). The average molecular weight is 297 g/mol. The topological polar surface area (TPSA) is 47.6 Å². The summed E-state index contributed by atoms with van der Waals surface area (Å²) in [5, 5.41) is 2.90. The van der Waals surface area contributed by atoms with Crippen molar-refractivity contribution in [2.24, 2.45) is 0 Å². The molecule has 0 aliphatic carbocycles. The molecule has 0 bridgehead atoms. The molecule has 0 spiro atoms. The average Bonchev–Trinajstić information content (AvgIpc) is 2.41. The van der Waals surface area contributed by atoms with Gasteiger partial charge in [-0.15, -0.1) is 0 Å². The van der Waals surface area contributed by atoms with Gasteiger partial charge in [0.05, 0.1) is 14.2 Å². The first kappa shape index (κ1) is 16.7. The molecule has 0 aromatic heterocycles. The molecule has 20 heavy (non-hydrogen) atoms. The molecular weight excluding hydrogens is 274 g/mol. The van der Waals surface area contributed by atoms with Crippen molar-refractivity contribution >= 4 is 17.7 Å². The van der Waals surface area contributed by atoms with Gasteiger partial charge >= 0.3 is 0 Å². The minimum atomic E-state index is -0.114. The van der Waals surface area contributed by atoms with E-state index in [-0.39, 0.29) is 10.7 Å². The Hall–Kier alpha value is -1.36. The second kappa shape index (κ2) is 7.43. The van der Waals surface area contributed by atoms with Gasteiger partial charge in [-0.05, 0) is 12.1 Å². The monoisotopic (exact) mass is 297 g/mol. The molecule has 5 heteroatoms. The van der Waals surface area contributed by atoms with E-state index in [0.717, 1.165) is 5.75 Å². The Balaban J connectivity index is 2.59. The highest BCUT2D eigenvalue weighted by atomic mass is 32.2. The maximum absolute atomic E-state index is 12.1. The van der Waals surface area contributed by atoms with E-state index in [9.17, 15) is 4.79 Å². The van der Waals surface area contributed by atoms with Crippen LogP contribution in [0.1, 0.15) is 31.1 Å². The van der Waals surface area contributed by atoms with Crippen molar-refractivity contribution in [1.82, 2.24) is 5.32 Å². The summed E-state index contributed by atoms with van der Waals surface area (Å²) in [5.41, 5.74) is 0.543. The number of carbonyl (C=O) groups excluding carboxylic acids is 1. The number of hydrogen-bond donors (Lipinski definition) is 1. The van der Waals surface area contributed by atoms with E-state index in [0.29, 0.717) is 23.6 Å². The Morgan fingerprint density at radius 2 is 1.70 bits per heavy atom. The Morgan fingerprint density at radius 1 is 1.15 bits per heavy atom. The van der Waals surface area contributed by atoms with Gasteiger partial charge in [-0.2, -0.15) is 11.8 Å². The molecule has 1 amide bonds. The summed E-state index contributed by atoms with van der Waals surface area (Å²) < 4.78 is 10.5. The Morgan fingerprint density at radius 3 is 2.15 bits per heavy atom. The summed E-state index contributed by atoms with van der Waals surface area (Å²) in [6.07, 6.45) is 0. The lowest BCUT2D eigenvalue weighted by atomic mass is 10.2. The zero-order valence-electron chi connectivity index (χ0n) is 12.8. The van der Waals surface area contributed by atoms with E-state index in [2.05, 4.69) is 26.1 Å². The Kier molecular flexibility index (Phi) is 6.20. The standard InChI is InChI=1S/C15H23NO3S/c1-15(2,3)20-7-6-16-14(17)11-8-12(18-4)10-13(9-11)19-5/h8-10H,6-7H2,1-5H3,(H,16,17). The summed E-state index contributed by atoms with van der Waals surface area (Å²) in [5.74, 6) is 1.99. The number of amides is 1. The fraction of sp³-hybridized carbons (Fsp3) is 0.533. The van der Waals surface area contributed by atoms with Gasteiger partial charge in [0.25, 0.3) is 5.91 Å². The molecule has 1 N–H and O–H groups in total. The molecule has 1 aromatic rings. The quantitative estimate of drug-likeness (QED) is 0.820. The third kappa shape index (κ3) is 5.74. The summed E-state index contributed by atoms with van der Waals surface area (Å²) in [6.45, 7) is 7.12. The third-order valence-corrected chi connectivity index (χ3v) is 3.81. The molecule has 112 valence electrons. The van der Waals surface area contributed by atoms with Gasteiger partial charge in [-0.25, -0.2) is 0 Å². The third-order valence-electron chi connectivity index (χ3n) is 2.54. The van der Waals surface area contributed by atoms with Crippen molar-refractivity contribution in [3.05, 3.63) is 23.8 Å². The fourth-order valence-corrected chi connectivity index (χ4v) is 2.38. The fourth-order valence-electron chi connectivity index (χ4n) is 1.56. The summed E-state index contributed by atoms with van der Waals surface area (Å²) in [4.78, 5) is 12.1. The molecule has 0 aliphatic heterocycles. The molecule has 0 atom stereocenters. The molecule has 1 aromatic carbocycles. The maximum Gasteiger partial charge on any atom is 0.251 e. The van der Waals surface area contributed by atoms with Crippen molar-refractivity contribution in [2.45, 2.75) is 25.5 Å². The van der Waals surface area contributed by atoms with E-state index in [1.54, 1.807) is 32.4 Å². The van der Waals surface area contributed by atoms with E-state index in [4.69, 9.17) is 9.47 Å². The lowest BCUT2D eigenvalue weighted by Gasteiger charge is -2.17. The molecule has 0 fully saturated rings. The highest BCUT2D eigenvalue weighted by Crippen LogP contribution is 2.23. The first-order valence-electron chi connectivity index (χ1n) is 6.51. The van der Waals surface area contributed by atoms with E-state index >= 15 is 0 Å².